The lowest BCUT2D eigenvalue weighted by Crippen LogP contribution is -2.07. The monoisotopic (exact) mass is 310 g/mol. The predicted molar refractivity (Wildman–Crippen MR) is 74.9 cm³/mol. The molecule has 2 aromatic carbocycles. The Morgan fingerprint density at radius 1 is 1.10 bits per heavy atom. The fourth-order valence-corrected chi connectivity index (χ4v) is 1.98. The van der Waals surface area contributed by atoms with E-state index in [0.717, 1.165) is 11.6 Å². The maximum Gasteiger partial charge on any atom is 0.417 e. The van der Waals surface area contributed by atoms with Crippen molar-refractivity contribution in [3.05, 3.63) is 64.2 Å². The summed E-state index contributed by atoms with van der Waals surface area (Å²) in [6, 6.07) is 12.5. The van der Waals surface area contributed by atoms with Gasteiger partial charge in [0.2, 0.25) is 0 Å². The van der Waals surface area contributed by atoms with Crippen LogP contribution in [0.1, 0.15) is 16.7 Å². The summed E-state index contributed by atoms with van der Waals surface area (Å²) >= 11 is 5.55. The fraction of sp³-hybridized carbons (Fsp3) is 0.133. The number of hydrogen-bond acceptors (Lipinski definition) is 2. The number of rotatable bonds is 3. The molecule has 2 nitrogen and oxygen atoms in total. The Hall–Kier alpha value is -2.19. The van der Waals surface area contributed by atoms with Gasteiger partial charge in [-0.05, 0) is 35.9 Å². The van der Waals surface area contributed by atoms with E-state index < -0.39 is 11.7 Å². The molecule has 2 aromatic rings. The molecule has 0 fully saturated rings. The van der Waals surface area contributed by atoms with Gasteiger partial charge < -0.3 is 5.32 Å². The van der Waals surface area contributed by atoms with E-state index in [0.29, 0.717) is 17.8 Å². The topological polar surface area (TPSA) is 35.8 Å². The number of benzene rings is 2. The number of nitrogens with zero attached hydrogens (tertiary/aromatic N) is 1. The van der Waals surface area contributed by atoms with Crippen LogP contribution in [0.5, 0.6) is 0 Å². The first-order valence-electron chi connectivity index (χ1n) is 6.00. The molecule has 0 atom stereocenters. The van der Waals surface area contributed by atoms with Gasteiger partial charge in [-0.25, -0.2) is 0 Å². The second kappa shape index (κ2) is 6.06. The van der Waals surface area contributed by atoms with Crippen molar-refractivity contribution in [1.29, 1.82) is 5.26 Å². The summed E-state index contributed by atoms with van der Waals surface area (Å²) in [5.74, 6) is 0. The van der Waals surface area contributed by atoms with Gasteiger partial charge in [-0.1, -0.05) is 23.7 Å². The third-order valence-corrected chi connectivity index (χ3v) is 3.18. The molecule has 6 heteroatoms. The minimum absolute atomic E-state index is 0.327. The minimum atomic E-state index is -4.48. The standard InChI is InChI=1S/C15H10ClF3N2/c16-14-6-5-12(7-13(14)15(17,18)19)21-9-11-3-1-10(8-20)2-4-11/h1-7,21H,9H2. The Morgan fingerprint density at radius 2 is 1.76 bits per heavy atom. The maximum atomic E-state index is 12.7. The fourth-order valence-electron chi connectivity index (χ4n) is 1.75. The third kappa shape index (κ3) is 3.89. The van der Waals surface area contributed by atoms with Crippen molar-refractivity contribution in [3.63, 3.8) is 0 Å². The van der Waals surface area contributed by atoms with E-state index in [-0.39, 0.29) is 5.02 Å². The van der Waals surface area contributed by atoms with Gasteiger partial charge >= 0.3 is 6.18 Å². The van der Waals surface area contributed by atoms with Crippen LogP contribution in [0.2, 0.25) is 5.02 Å². The SMILES string of the molecule is N#Cc1ccc(CNc2ccc(Cl)c(C(F)(F)F)c2)cc1. The van der Waals surface area contributed by atoms with Crippen molar-refractivity contribution in [2.24, 2.45) is 0 Å². The normalized spacial score (nSPS) is 11.0. The summed E-state index contributed by atoms with van der Waals surface area (Å²) in [6.07, 6.45) is -4.48. The van der Waals surface area contributed by atoms with Crippen LogP contribution in [0.4, 0.5) is 18.9 Å². The molecule has 0 heterocycles. The highest BCUT2D eigenvalue weighted by atomic mass is 35.5. The largest absolute Gasteiger partial charge is 0.417 e. The Balaban J connectivity index is 2.11. The van der Waals surface area contributed by atoms with Gasteiger partial charge in [0.1, 0.15) is 0 Å². The summed E-state index contributed by atoms with van der Waals surface area (Å²) in [4.78, 5) is 0. The number of nitriles is 1. The van der Waals surface area contributed by atoms with Gasteiger partial charge in [-0.2, -0.15) is 18.4 Å². The summed E-state index contributed by atoms with van der Waals surface area (Å²) in [6.45, 7) is 0.352. The molecule has 0 aromatic heterocycles. The average Bonchev–Trinajstić information content (AvgIpc) is 2.45. The summed E-state index contributed by atoms with van der Waals surface area (Å²) < 4.78 is 38.2. The molecular formula is C15H10ClF3N2. The second-order valence-electron chi connectivity index (χ2n) is 4.35. The third-order valence-electron chi connectivity index (χ3n) is 2.85. The van der Waals surface area contributed by atoms with E-state index >= 15 is 0 Å². The molecule has 0 aliphatic carbocycles. The molecule has 0 saturated heterocycles. The Morgan fingerprint density at radius 3 is 2.33 bits per heavy atom. The molecule has 21 heavy (non-hydrogen) atoms. The molecule has 0 aliphatic rings. The Kier molecular flexibility index (Phi) is 4.39. The second-order valence-corrected chi connectivity index (χ2v) is 4.76. The first kappa shape index (κ1) is 15.2. The van der Waals surface area contributed by atoms with Crippen molar-refractivity contribution < 1.29 is 13.2 Å². The molecule has 108 valence electrons. The zero-order valence-corrected chi connectivity index (χ0v) is 11.5. The highest BCUT2D eigenvalue weighted by molar-refractivity contribution is 6.31. The van der Waals surface area contributed by atoms with Crippen LogP contribution in [-0.4, -0.2) is 0 Å². The van der Waals surface area contributed by atoms with Crippen molar-refractivity contribution in [2.45, 2.75) is 12.7 Å². The number of halogens is 4. The quantitative estimate of drug-likeness (QED) is 0.880. The molecule has 0 radical (unpaired) electrons. The molecule has 2 rings (SSSR count). The van der Waals surface area contributed by atoms with Crippen LogP contribution in [0.3, 0.4) is 0 Å². The lowest BCUT2D eigenvalue weighted by atomic mass is 10.1. The smallest absolute Gasteiger partial charge is 0.381 e. The van der Waals surface area contributed by atoms with E-state index in [2.05, 4.69) is 5.32 Å². The number of nitrogens with one attached hydrogen (secondary N) is 1. The van der Waals surface area contributed by atoms with Crippen LogP contribution in [0, 0.1) is 11.3 Å². The number of anilines is 1. The van der Waals surface area contributed by atoms with E-state index in [1.54, 1.807) is 24.3 Å². The zero-order chi connectivity index (χ0) is 15.5. The summed E-state index contributed by atoms with van der Waals surface area (Å²) in [5, 5.41) is 11.3. The van der Waals surface area contributed by atoms with Crippen LogP contribution in [0.25, 0.3) is 0 Å². The molecule has 0 spiro atoms. The number of hydrogen-bond donors (Lipinski definition) is 1. The molecular weight excluding hydrogens is 301 g/mol. The maximum absolute atomic E-state index is 12.7. The average molecular weight is 311 g/mol. The Labute approximate surface area is 124 Å². The number of alkyl halides is 3. The van der Waals surface area contributed by atoms with Crippen LogP contribution >= 0.6 is 11.6 Å². The zero-order valence-electron chi connectivity index (χ0n) is 10.7. The lowest BCUT2D eigenvalue weighted by Gasteiger charge is -2.12. The van der Waals surface area contributed by atoms with Gasteiger partial charge in [-0.15, -0.1) is 0 Å². The van der Waals surface area contributed by atoms with Crippen molar-refractivity contribution in [3.8, 4) is 6.07 Å². The van der Waals surface area contributed by atoms with Gasteiger partial charge in [0.05, 0.1) is 22.2 Å². The predicted octanol–water partition coefficient (Wildman–Crippen LogP) is 4.84. The Bertz CT molecular complexity index is 673. The molecule has 0 bridgehead atoms. The highest BCUT2D eigenvalue weighted by Crippen LogP contribution is 2.36. The highest BCUT2D eigenvalue weighted by Gasteiger charge is 2.33. The van der Waals surface area contributed by atoms with Crippen molar-refractivity contribution >= 4 is 17.3 Å². The van der Waals surface area contributed by atoms with Gasteiger partial charge in [-0.3, -0.25) is 0 Å². The van der Waals surface area contributed by atoms with E-state index in [1.165, 1.54) is 12.1 Å². The lowest BCUT2D eigenvalue weighted by molar-refractivity contribution is -0.137. The first-order chi connectivity index (χ1) is 9.90. The molecule has 1 N–H and O–H groups in total. The minimum Gasteiger partial charge on any atom is -0.381 e. The van der Waals surface area contributed by atoms with Crippen LogP contribution in [0.15, 0.2) is 42.5 Å². The van der Waals surface area contributed by atoms with E-state index in [4.69, 9.17) is 16.9 Å². The van der Waals surface area contributed by atoms with E-state index in [9.17, 15) is 13.2 Å². The molecule has 0 aliphatic heterocycles. The molecule has 0 unspecified atom stereocenters. The van der Waals surface area contributed by atoms with Gasteiger partial charge in [0, 0.05) is 12.2 Å². The van der Waals surface area contributed by atoms with Gasteiger partial charge in [0.15, 0.2) is 0 Å². The summed E-state index contributed by atoms with van der Waals surface area (Å²) in [7, 11) is 0. The van der Waals surface area contributed by atoms with Crippen LogP contribution < -0.4 is 5.32 Å². The van der Waals surface area contributed by atoms with Crippen molar-refractivity contribution in [1.82, 2.24) is 0 Å². The van der Waals surface area contributed by atoms with Crippen molar-refractivity contribution in [2.75, 3.05) is 5.32 Å². The van der Waals surface area contributed by atoms with Crippen LogP contribution in [-0.2, 0) is 12.7 Å². The van der Waals surface area contributed by atoms with Gasteiger partial charge in [0.25, 0.3) is 0 Å². The summed E-state index contributed by atoms with van der Waals surface area (Å²) in [5.41, 5.74) is 0.854. The molecule has 0 saturated carbocycles. The first-order valence-corrected chi connectivity index (χ1v) is 6.37. The molecule has 0 amide bonds. The van der Waals surface area contributed by atoms with E-state index in [1.807, 2.05) is 6.07 Å².